The Kier molecular flexibility index (Phi) is 5.75. The van der Waals surface area contributed by atoms with Gasteiger partial charge in [-0.2, -0.15) is 4.98 Å². The second-order valence-corrected chi connectivity index (χ2v) is 8.48. The van der Waals surface area contributed by atoms with Gasteiger partial charge in [0.15, 0.2) is 5.58 Å². The SMILES string of the molecule is Cc1ccc(Nc2cc(C)nc(N3CCN(C(=O)Cn4c(=O)oc5ccccc54)CC3)n2)cc1. The summed E-state index contributed by atoms with van der Waals surface area (Å²) in [7, 11) is 0. The number of carbonyl (C=O) groups is 1. The second-order valence-electron chi connectivity index (χ2n) is 8.48. The van der Waals surface area contributed by atoms with Crippen LogP contribution in [0.1, 0.15) is 11.3 Å². The molecule has 4 aromatic rings. The van der Waals surface area contributed by atoms with E-state index in [9.17, 15) is 9.59 Å². The smallest absolute Gasteiger partial charge is 0.408 e. The fourth-order valence-corrected chi connectivity index (χ4v) is 4.10. The van der Waals surface area contributed by atoms with E-state index < -0.39 is 5.76 Å². The van der Waals surface area contributed by atoms with Gasteiger partial charge >= 0.3 is 5.76 Å². The molecule has 5 rings (SSSR count). The number of carbonyl (C=O) groups excluding carboxylic acids is 1. The predicted octanol–water partition coefficient (Wildman–Crippen LogP) is 3.09. The summed E-state index contributed by atoms with van der Waals surface area (Å²) in [6.07, 6.45) is 0. The zero-order chi connectivity index (χ0) is 23.7. The highest BCUT2D eigenvalue weighted by Gasteiger charge is 2.24. The number of para-hydroxylation sites is 2. The number of amides is 1. The van der Waals surface area contributed by atoms with Gasteiger partial charge in [-0.1, -0.05) is 29.8 Å². The molecule has 3 heterocycles. The van der Waals surface area contributed by atoms with Crippen molar-refractivity contribution < 1.29 is 9.21 Å². The molecule has 0 radical (unpaired) electrons. The third kappa shape index (κ3) is 4.50. The van der Waals surface area contributed by atoms with Crippen LogP contribution in [0.3, 0.4) is 0 Å². The molecule has 1 amide bonds. The van der Waals surface area contributed by atoms with Crippen molar-refractivity contribution in [3.05, 3.63) is 76.4 Å². The maximum Gasteiger partial charge on any atom is 0.420 e. The maximum absolute atomic E-state index is 12.9. The van der Waals surface area contributed by atoms with Crippen LogP contribution in [0.4, 0.5) is 17.5 Å². The number of fused-ring (bicyclic) bond motifs is 1. The number of anilines is 3. The molecule has 2 aromatic heterocycles. The molecule has 0 spiro atoms. The second kappa shape index (κ2) is 9.01. The number of benzene rings is 2. The first-order valence-corrected chi connectivity index (χ1v) is 11.3. The van der Waals surface area contributed by atoms with Crippen molar-refractivity contribution >= 4 is 34.5 Å². The van der Waals surface area contributed by atoms with Crippen molar-refractivity contribution in [1.29, 1.82) is 0 Å². The first-order chi connectivity index (χ1) is 16.5. The van der Waals surface area contributed by atoms with Crippen LogP contribution in [0.25, 0.3) is 11.1 Å². The fourth-order valence-electron chi connectivity index (χ4n) is 4.10. The van der Waals surface area contributed by atoms with Gasteiger partial charge in [-0.3, -0.25) is 9.36 Å². The van der Waals surface area contributed by atoms with E-state index in [0.29, 0.717) is 43.2 Å². The molecule has 0 saturated carbocycles. The van der Waals surface area contributed by atoms with E-state index in [-0.39, 0.29) is 12.5 Å². The fraction of sp³-hybridized carbons (Fsp3) is 0.280. The van der Waals surface area contributed by atoms with Crippen molar-refractivity contribution in [2.24, 2.45) is 0 Å². The summed E-state index contributed by atoms with van der Waals surface area (Å²) in [5, 5.41) is 3.34. The lowest BCUT2D eigenvalue weighted by molar-refractivity contribution is -0.132. The van der Waals surface area contributed by atoms with Crippen LogP contribution >= 0.6 is 0 Å². The molecule has 1 N–H and O–H groups in total. The van der Waals surface area contributed by atoms with E-state index in [1.165, 1.54) is 10.1 Å². The van der Waals surface area contributed by atoms with Gasteiger partial charge in [0.2, 0.25) is 11.9 Å². The van der Waals surface area contributed by atoms with E-state index in [4.69, 9.17) is 9.40 Å². The maximum atomic E-state index is 12.9. The molecule has 0 bridgehead atoms. The average molecular weight is 459 g/mol. The number of piperazine rings is 1. The van der Waals surface area contributed by atoms with Crippen LogP contribution in [0, 0.1) is 13.8 Å². The molecule has 0 aliphatic carbocycles. The highest BCUT2D eigenvalue weighted by molar-refractivity contribution is 5.79. The van der Waals surface area contributed by atoms with Crippen molar-refractivity contribution in [2.75, 3.05) is 36.4 Å². The Morgan fingerprint density at radius 3 is 2.50 bits per heavy atom. The molecule has 1 saturated heterocycles. The quantitative estimate of drug-likeness (QED) is 0.491. The zero-order valence-corrected chi connectivity index (χ0v) is 19.2. The van der Waals surface area contributed by atoms with Crippen molar-refractivity contribution in [3.63, 3.8) is 0 Å². The van der Waals surface area contributed by atoms with Gasteiger partial charge in [0, 0.05) is 43.6 Å². The van der Waals surface area contributed by atoms with Gasteiger partial charge in [0.05, 0.1) is 5.52 Å². The Bertz CT molecular complexity index is 1380. The molecule has 0 unspecified atom stereocenters. The van der Waals surface area contributed by atoms with Crippen LogP contribution in [0.15, 0.2) is 63.8 Å². The number of aryl methyl sites for hydroxylation is 2. The van der Waals surface area contributed by atoms with Crippen molar-refractivity contribution in [1.82, 2.24) is 19.4 Å². The molecule has 9 nitrogen and oxygen atoms in total. The van der Waals surface area contributed by atoms with E-state index in [1.54, 1.807) is 23.1 Å². The first-order valence-electron chi connectivity index (χ1n) is 11.3. The molecule has 34 heavy (non-hydrogen) atoms. The normalized spacial score (nSPS) is 13.9. The van der Waals surface area contributed by atoms with Crippen molar-refractivity contribution in [2.45, 2.75) is 20.4 Å². The summed E-state index contributed by atoms with van der Waals surface area (Å²) < 4.78 is 6.62. The summed E-state index contributed by atoms with van der Waals surface area (Å²) in [5.74, 6) is 0.741. The summed E-state index contributed by atoms with van der Waals surface area (Å²) in [5.41, 5.74) is 4.14. The van der Waals surface area contributed by atoms with Gasteiger partial charge in [-0.05, 0) is 38.1 Å². The molecule has 174 valence electrons. The summed E-state index contributed by atoms with van der Waals surface area (Å²) in [4.78, 5) is 38.3. The largest absolute Gasteiger partial charge is 0.420 e. The third-order valence-corrected chi connectivity index (χ3v) is 5.95. The number of hydrogen-bond acceptors (Lipinski definition) is 7. The van der Waals surface area contributed by atoms with E-state index in [2.05, 4.69) is 22.1 Å². The zero-order valence-electron chi connectivity index (χ0n) is 19.2. The molecule has 9 heteroatoms. The Morgan fingerprint density at radius 2 is 1.74 bits per heavy atom. The van der Waals surface area contributed by atoms with Crippen LogP contribution in [0.2, 0.25) is 0 Å². The van der Waals surface area contributed by atoms with E-state index in [0.717, 1.165) is 17.2 Å². The summed E-state index contributed by atoms with van der Waals surface area (Å²) in [6.45, 7) is 6.24. The molecule has 1 aliphatic heterocycles. The number of oxazole rings is 1. The minimum atomic E-state index is -0.519. The number of rotatable bonds is 5. The van der Waals surface area contributed by atoms with Gasteiger partial charge < -0.3 is 19.5 Å². The molecular formula is C25H26N6O3. The highest BCUT2D eigenvalue weighted by atomic mass is 16.4. The van der Waals surface area contributed by atoms with E-state index >= 15 is 0 Å². The number of nitrogens with zero attached hydrogens (tertiary/aromatic N) is 5. The Balaban J connectivity index is 1.24. The summed E-state index contributed by atoms with van der Waals surface area (Å²) >= 11 is 0. The minimum Gasteiger partial charge on any atom is -0.408 e. The first kappa shape index (κ1) is 21.7. The highest BCUT2D eigenvalue weighted by Crippen LogP contribution is 2.20. The lowest BCUT2D eigenvalue weighted by atomic mass is 10.2. The molecule has 0 atom stereocenters. The van der Waals surface area contributed by atoms with Gasteiger partial charge in [-0.25, -0.2) is 9.78 Å². The summed E-state index contributed by atoms with van der Waals surface area (Å²) in [6, 6.07) is 17.2. The average Bonchev–Trinajstić information content (AvgIpc) is 3.15. The van der Waals surface area contributed by atoms with Gasteiger partial charge in [-0.15, -0.1) is 0 Å². The Morgan fingerprint density at radius 1 is 1.00 bits per heavy atom. The van der Waals surface area contributed by atoms with Crippen LogP contribution in [-0.2, 0) is 11.3 Å². The predicted molar refractivity (Wildman–Crippen MR) is 130 cm³/mol. The van der Waals surface area contributed by atoms with Crippen LogP contribution in [-0.4, -0.2) is 51.5 Å². The van der Waals surface area contributed by atoms with E-state index in [1.807, 2.05) is 43.3 Å². The lowest BCUT2D eigenvalue weighted by Gasteiger charge is -2.35. The van der Waals surface area contributed by atoms with Crippen LogP contribution in [0.5, 0.6) is 0 Å². The monoisotopic (exact) mass is 458 g/mol. The lowest BCUT2D eigenvalue weighted by Crippen LogP contribution is -2.50. The van der Waals surface area contributed by atoms with Crippen LogP contribution < -0.4 is 16.0 Å². The third-order valence-electron chi connectivity index (χ3n) is 5.95. The number of hydrogen-bond donors (Lipinski definition) is 1. The molecule has 1 fully saturated rings. The number of aromatic nitrogens is 3. The van der Waals surface area contributed by atoms with Gasteiger partial charge in [0.25, 0.3) is 0 Å². The molecule has 1 aliphatic rings. The molecular weight excluding hydrogens is 432 g/mol. The molecule has 2 aromatic carbocycles. The Labute approximate surface area is 196 Å². The topological polar surface area (TPSA) is 96.5 Å². The number of nitrogens with one attached hydrogen (secondary N) is 1. The minimum absolute atomic E-state index is 0.0403. The van der Waals surface area contributed by atoms with Crippen molar-refractivity contribution in [3.8, 4) is 0 Å². The Hall–Kier alpha value is -4.14. The van der Waals surface area contributed by atoms with Gasteiger partial charge in [0.1, 0.15) is 12.4 Å². The standard InChI is InChI=1S/C25H26N6O3/c1-17-7-9-19(10-8-17)27-22-15-18(2)26-24(28-22)30-13-11-29(12-14-30)23(32)16-31-20-5-3-4-6-21(20)34-25(31)33/h3-10,15H,11-14,16H2,1-2H3,(H,26,27,28).